The van der Waals surface area contributed by atoms with E-state index in [1.807, 2.05) is 43.0 Å². The van der Waals surface area contributed by atoms with E-state index in [0.29, 0.717) is 18.7 Å². The fourth-order valence-electron chi connectivity index (χ4n) is 3.17. The van der Waals surface area contributed by atoms with Gasteiger partial charge in [-0.15, -0.1) is 0 Å². The molecule has 0 atom stereocenters. The third kappa shape index (κ3) is 4.25. The zero-order valence-electron chi connectivity index (χ0n) is 15.2. The number of rotatable bonds is 6. The number of amides is 1. The highest BCUT2D eigenvalue weighted by atomic mass is 32.2. The number of carbonyl (C=O) groups is 1. The van der Waals surface area contributed by atoms with Gasteiger partial charge in [0.2, 0.25) is 5.91 Å². The molecule has 1 heterocycles. The first kappa shape index (κ1) is 18.5. The third-order valence-corrected chi connectivity index (χ3v) is 6.08. The highest BCUT2D eigenvalue weighted by Gasteiger charge is 2.19. The van der Waals surface area contributed by atoms with Crippen LogP contribution in [0.15, 0.2) is 47.4 Å². The van der Waals surface area contributed by atoms with Gasteiger partial charge in [-0.05, 0) is 56.0 Å². The summed E-state index contributed by atoms with van der Waals surface area (Å²) in [7, 11) is -3.62. The molecule has 0 spiro atoms. The number of nitrogens with one attached hydrogen (secondary N) is 1. The van der Waals surface area contributed by atoms with Crippen LogP contribution < -0.4 is 4.72 Å². The van der Waals surface area contributed by atoms with Crippen LogP contribution in [0.3, 0.4) is 0 Å². The molecule has 26 heavy (non-hydrogen) atoms. The summed E-state index contributed by atoms with van der Waals surface area (Å²) in [4.78, 5) is 13.7. The molecule has 1 saturated heterocycles. The number of anilines is 1. The molecule has 3 rings (SSSR count). The lowest BCUT2D eigenvalue weighted by Crippen LogP contribution is -2.26. The van der Waals surface area contributed by atoms with Crippen molar-refractivity contribution in [2.24, 2.45) is 0 Å². The van der Waals surface area contributed by atoms with Crippen LogP contribution >= 0.6 is 0 Å². The number of hydrogen-bond acceptors (Lipinski definition) is 3. The molecule has 1 aliphatic rings. The monoisotopic (exact) mass is 372 g/mol. The lowest BCUT2D eigenvalue weighted by molar-refractivity contribution is -0.127. The van der Waals surface area contributed by atoms with E-state index in [4.69, 9.17) is 0 Å². The molecule has 0 bridgehead atoms. The number of sulfonamides is 1. The lowest BCUT2D eigenvalue weighted by Gasteiger charge is -2.15. The van der Waals surface area contributed by atoms with Crippen LogP contribution in [0.5, 0.6) is 0 Å². The minimum Gasteiger partial charge on any atom is -0.342 e. The minimum atomic E-state index is -3.62. The van der Waals surface area contributed by atoms with Crippen molar-refractivity contribution in [3.63, 3.8) is 0 Å². The zero-order valence-corrected chi connectivity index (χ0v) is 16.0. The Morgan fingerprint density at radius 3 is 2.42 bits per heavy atom. The molecule has 0 unspecified atom stereocenters. The van der Waals surface area contributed by atoms with Gasteiger partial charge in [0.25, 0.3) is 10.0 Å². The molecule has 0 saturated carbocycles. The minimum absolute atomic E-state index is 0.210. The molecule has 1 amide bonds. The Bertz CT molecular complexity index is 905. The number of hydrogen-bond donors (Lipinski definition) is 1. The maximum atomic E-state index is 12.6. The predicted molar refractivity (Wildman–Crippen MR) is 103 cm³/mol. The van der Waals surface area contributed by atoms with Crippen LogP contribution in [0.4, 0.5) is 5.69 Å². The third-order valence-electron chi connectivity index (χ3n) is 4.70. The highest BCUT2D eigenvalue weighted by Crippen LogP contribution is 2.21. The van der Waals surface area contributed by atoms with E-state index in [1.165, 1.54) is 0 Å². The molecule has 2 aromatic carbocycles. The molecule has 1 aliphatic heterocycles. The SMILES string of the molecule is Cc1ccc(NS(=O)(=O)c2ccc(CCN3CCCC3=O)cc2)c(C)c1. The smallest absolute Gasteiger partial charge is 0.261 e. The Balaban J connectivity index is 1.67. The van der Waals surface area contributed by atoms with Crippen molar-refractivity contribution in [1.82, 2.24) is 4.90 Å². The quantitative estimate of drug-likeness (QED) is 0.846. The van der Waals surface area contributed by atoms with E-state index in [-0.39, 0.29) is 10.8 Å². The predicted octanol–water partition coefficient (Wildman–Crippen LogP) is 3.27. The van der Waals surface area contributed by atoms with Crippen molar-refractivity contribution in [2.75, 3.05) is 17.8 Å². The van der Waals surface area contributed by atoms with Crippen molar-refractivity contribution in [3.8, 4) is 0 Å². The topological polar surface area (TPSA) is 66.5 Å². The first-order valence-corrected chi connectivity index (χ1v) is 10.3. The van der Waals surface area contributed by atoms with E-state index in [9.17, 15) is 13.2 Å². The summed E-state index contributed by atoms with van der Waals surface area (Å²) in [5.41, 5.74) is 3.59. The molecule has 0 aromatic heterocycles. The Kier molecular flexibility index (Phi) is 5.32. The summed E-state index contributed by atoms with van der Waals surface area (Å²) in [6.07, 6.45) is 2.30. The van der Waals surface area contributed by atoms with Crippen molar-refractivity contribution < 1.29 is 13.2 Å². The fourth-order valence-corrected chi connectivity index (χ4v) is 4.30. The molecule has 0 aliphatic carbocycles. The van der Waals surface area contributed by atoms with Gasteiger partial charge in [0.15, 0.2) is 0 Å². The summed E-state index contributed by atoms with van der Waals surface area (Å²) in [5, 5.41) is 0. The Labute approximate surface area is 155 Å². The number of likely N-dealkylation sites (tertiary alicyclic amines) is 1. The number of benzene rings is 2. The summed E-state index contributed by atoms with van der Waals surface area (Å²) >= 11 is 0. The van der Waals surface area contributed by atoms with E-state index in [1.54, 1.807) is 18.2 Å². The van der Waals surface area contributed by atoms with Gasteiger partial charge in [-0.1, -0.05) is 29.8 Å². The Morgan fingerprint density at radius 1 is 1.08 bits per heavy atom. The molecule has 138 valence electrons. The van der Waals surface area contributed by atoms with Crippen LogP contribution in [-0.2, 0) is 21.2 Å². The maximum Gasteiger partial charge on any atom is 0.261 e. The average molecular weight is 372 g/mol. The van der Waals surface area contributed by atoms with E-state index >= 15 is 0 Å². The number of nitrogens with zero attached hydrogens (tertiary/aromatic N) is 1. The zero-order chi connectivity index (χ0) is 18.7. The van der Waals surface area contributed by atoms with Crippen LogP contribution in [0, 0.1) is 13.8 Å². The van der Waals surface area contributed by atoms with Crippen LogP contribution in [0.2, 0.25) is 0 Å². The van der Waals surface area contributed by atoms with E-state index in [0.717, 1.165) is 36.1 Å². The first-order valence-electron chi connectivity index (χ1n) is 8.82. The summed E-state index contributed by atoms with van der Waals surface area (Å²) in [5.74, 6) is 0.210. The van der Waals surface area contributed by atoms with Gasteiger partial charge in [-0.3, -0.25) is 9.52 Å². The standard InChI is InChI=1S/C20H24N2O3S/c1-15-5-10-19(16(2)14-15)21-26(24,25)18-8-6-17(7-9-18)11-13-22-12-3-4-20(22)23/h5-10,14,21H,3-4,11-13H2,1-2H3. The van der Waals surface area contributed by atoms with Crippen molar-refractivity contribution >= 4 is 21.6 Å². The second kappa shape index (κ2) is 7.50. The largest absolute Gasteiger partial charge is 0.342 e. The fraction of sp³-hybridized carbons (Fsp3) is 0.350. The molecule has 6 heteroatoms. The van der Waals surface area contributed by atoms with Crippen LogP contribution in [0.1, 0.15) is 29.5 Å². The van der Waals surface area contributed by atoms with Gasteiger partial charge < -0.3 is 4.90 Å². The normalized spacial score (nSPS) is 14.7. The van der Waals surface area contributed by atoms with Gasteiger partial charge in [-0.2, -0.15) is 0 Å². The van der Waals surface area contributed by atoms with Gasteiger partial charge in [-0.25, -0.2) is 8.42 Å². The summed E-state index contributed by atoms with van der Waals surface area (Å²) < 4.78 is 27.8. The second-order valence-corrected chi connectivity index (χ2v) is 8.48. The molecule has 2 aromatic rings. The average Bonchev–Trinajstić information content (AvgIpc) is 3.01. The second-order valence-electron chi connectivity index (χ2n) is 6.80. The van der Waals surface area contributed by atoms with Crippen molar-refractivity contribution in [3.05, 3.63) is 59.2 Å². The molecule has 5 nitrogen and oxygen atoms in total. The maximum absolute atomic E-state index is 12.6. The number of carbonyl (C=O) groups excluding carboxylic acids is 1. The summed E-state index contributed by atoms with van der Waals surface area (Å²) in [6.45, 7) is 5.37. The summed E-state index contributed by atoms with van der Waals surface area (Å²) in [6, 6.07) is 12.5. The number of aryl methyl sites for hydroxylation is 2. The van der Waals surface area contributed by atoms with Crippen molar-refractivity contribution in [2.45, 2.75) is 38.0 Å². The lowest BCUT2D eigenvalue weighted by atomic mass is 10.1. The first-order chi connectivity index (χ1) is 12.3. The van der Waals surface area contributed by atoms with Crippen LogP contribution in [-0.4, -0.2) is 32.3 Å². The highest BCUT2D eigenvalue weighted by molar-refractivity contribution is 7.92. The Morgan fingerprint density at radius 2 is 1.81 bits per heavy atom. The molecule has 1 N–H and O–H groups in total. The van der Waals surface area contributed by atoms with Gasteiger partial charge in [0.1, 0.15) is 0 Å². The molecular formula is C20H24N2O3S. The van der Waals surface area contributed by atoms with Gasteiger partial charge in [0.05, 0.1) is 10.6 Å². The van der Waals surface area contributed by atoms with Gasteiger partial charge in [0, 0.05) is 19.5 Å². The Hall–Kier alpha value is -2.34. The van der Waals surface area contributed by atoms with E-state index in [2.05, 4.69) is 4.72 Å². The molecular weight excluding hydrogens is 348 g/mol. The molecule has 1 fully saturated rings. The van der Waals surface area contributed by atoms with Gasteiger partial charge >= 0.3 is 0 Å². The van der Waals surface area contributed by atoms with Crippen molar-refractivity contribution in [1.29, 1.82) is 0 Å². The van der Waals surface area contributed by atoms with E-state index < -0.39 is 10.0 Å². The van der Waals surface area contributed by atoms with Crippen LogP contribution in [0.25, 0.3) is 0 Å². The molecule has 0 radical (unpaired) electrons.